The van der Waals surface area contributed by atoms with Crippen molar-refractivity contribution in [1.82, 2.24) is 0 Å². The second kappa shape index (κ2) is 8.76. The molecule has 2 heterocycles. The number of hydrogen-bond acceptors (Lipinski definition) is 9. The van der Waals surface area contributed by atoms with E-state index < -0.39 is 46.7 Å². The number of benzene rings is 1. The van der Waals surface area contributed by atoms with Crippen LogP contribution in [0.25, 0.3) is 0 Å². The van der Waals surface area contributed by atoms with Gasteiger partial charge < -0.3 is 33.9 Å². The lowest BCUT2D eigenvalue weighted by Crippen LogP contribution is -2.70. The molecule has 0 radical (unpaired) electrons. The van der Waals surface area contributed by atoms with E-state index in [-0.39, 0.29) is 42.6 Å². The molecule has 6 rings (SSSR count). The molecule has 214 valence electrons. The van der Waals surface area contributed by atoms with Gasteiger partial charge in [0.1, 0.15) is 23.9 Å². The Labute approximate surface area is 233 Å². The number of methoxy groups -OCH3 is 1. The van der Waals surface area contributed by atoms with Gasteiger partial charge in [-0.15, -0.1) is 0 Å². The van der Waals surface area contributed by atoms with Crippen molar-refractivity contribution >= 4 is 11.8 Å². The second-order valence-corrected chi connectivity index (χ2v) is 12.2. The van der Waals surface area contributed by atoms with Crippen molar-refractivity contribution in [3.8, 4) is 11.5 Å². The smallest absolute Gasteiger partial charge is 0.310 e. The number of phenolic OH excluding ortho intramolecular Hbond substituents is 1. The summed E-state index contributed by atoms with van der Waals surface area (Å²) in [6, 6.07) is 4.66. The van der Waals surface area contributed by atoms with Gasteiger partial charge in [0.15, 0.2) is 17.3 Å². The zero-order valence-electron chi connectivity index (χ0n) is 23.5. The summed E-state index contributed by atoms with van der Waals surface area (Å²) < 4.78 is 30.4. The molecule has 5 aliphatic rings. The number of carbonyl (C=O) groups is 2. The minimum absolute atomic E-state index is 0.00332. The Morgan fingerprint density at radius 2 is 2.00 bits per heavy atom. The molecule has 3 bridgehead atoms. The van der Waals surface area contributed by atoms with Gasteiger partial charge in [0.2, 0.25) is 0 Å². The average Bonchev–Trinajstić information content (AvgIpc) is 3.18. The quantitative estimate of drug-likeness (QED) is 0.403. The van der Waals surface area contributed by atoms with Crippen LogP contribution in [0.2, 0.25) is 0 Å². The number of carbonyl (C=O) groups excluding carboxylic acids is 2. The predicted octanol–water partition coefficient (Wildman–Crippen LogP) is 3.52. The number of Topliss-reactive ketones (excluding diaryl/α,β-unsaturated/α-hetero) is 1. The number of aliphatic hydroxyl groups is 1. The summed E-state index contributed by atoms with van der Waals surface area (Å²) in [7, 11) is 1.43. The first-order valence-corrected chi connectivity index (χ1v) is 13.7. The van der Waals surface area contributed by atoms with Gasteiger partial charge in [-0.1, -0.05) is 31.7 Å². The molecule has 3 unspecified atom stereocenters. The first kappa shape index (κ1) is 27.2. The fraction of sp³-hybridized carbons (Fsp3) is 0.548. The largest absolute Gasteiger partial charge is 0.504 e. The van der Waals surface area contributed by atoms with Gasteiger partial charge >= 0.3 is 5.97 Å². The highest BCUT2D eigenvalue weighted by atomic mass is 16.9. The van der Waals surface area contributed by atoms with E-state index in [0.29, 0.717) is 23.1 Å². The van der Waals surface area contributed by atoms with Gasteiger partial charge in [0.25, 0.3) is 5.97 Å². The molecule has 9 heteroatoms. The van der Waals surface area contributed by atoms with E-state index in [2.05, 4.69) is 13.5 Å². The van der Waals surface area contributed by atoms with E-state index in [4.69, 9.17) is 23.7 Å². The van der Waals surface area contributed by atoms with Crippen LogP contribution < -0.4 is 4.74 Å². The fourth-order valence-corrected chi connectivity index (χ4v) is 7.89. The zero-order valence-corrected chi connectivity index (χ0v) is 23.5. The van der Waals surface area contributed by atoms with Crippen LogP contribution in [-0.2, 0) is 35.0 Å². The van der Waals surface area contributed by atoms with Gasteiger partial charge in [-0.2, -0.15) is 0 Å². The highest BCUT2D eigenvalue weighted by molar-refractivity contribution is 6.04. The molecule has 8 atom stereocenters. The maximum Gasteiger partial charge on any atom is 0.310 e. The van der Waals surface area contributed by atoms with Crippen molar-refractivity contribution in [2.24, 2.45) is 17.8 Å². The molecule has 1 saturated carbocycles. The first-order valence-electron chi connectivity index (χ1n) is 13.7. The van der Waals surface area contributed by atoms with Gasteiger partial charge in [0.05, 0.1) is 19.1 Å². The fourth-order valence-electron chi connectivity index (χ4n) is 7.89. The van der Waals surface area contributed by atoms with Gasteiger partial charge in [0, 0.05) is 25.2 Å². The summed E-state index contributed by atoms with van der Waals surface area (Å²) in [6.07, 6.45) is 3.89. The summed E-state index contributed by atoms with van der Waals surface area (Å²) in [5.41, 5.74) is -0.998. The summed E-state index contributed by atoms with van der Waals surface area (Å²) in [5, 5.41) is 21.9. The number of hydrogen-bond donors (Lipinski definition) is 2. The van der Waals surface area contributed by atoms with Crippen molar-refractivity contribution in [3.05, 3.63) is 59.2 Å². The molecule has 0 aromatic heterocycles. The Kier molecular flexibility index (Phi) is 5.96. The molecule has 40 heavy (non-hydrogen) atoms. The normalized spacial score (nSPS) is 41.0. The third-order valence-corrected chi connectivity index (χ3v) is 9.57. The highest BCUT2D eigenvalue weighted by Crippen LogP contribution is 2.67. The maximum atomic E-state index is 13.5. The second-order valence-electron chi connectivity index (χ2n) is 12.2. The lowest BCUT2D eigenvalue weighted by atomic mass is 9.55. The van der Waals surface area contributed by atoms with E-state index >= 15 is 0 Å². The Bertz CT molecular complexity index is 1380. The number of phenols is 1. The van der Waals surface area contributed by atoms with Crippen molar-refractivity contribution in [3.63, 3.8) is 0 Å². The molecule has 0 amide bonds. The Morgan fingerprint density at radius 3 is 2.70 bits per heavy atom. The summed E-state index contributed by atoms with van der Waals surface area (Å²) in [4.78, 5) is 26.3. The van der Waals surface area contributed by atoms with E-state index in [1.54, 1.807) is 26.0 Å². The zero-order chi connectivity index (χ0) is 28.8. The maximum absolute atomic E-state index is 13.5. The van der Waals surface area contributed by atoms with Crippen LogP contribution in [0.5, 0.6) is 11.5 Å². The van der Waals surface area contributed by atoms with E-state index in [0.717, 1.165) is 5.57 Å². The summed E-state index contributed by atoms with van der Waals surface area (Å²) in [5.74, 6) is -3.12. The van der Waals surface area contributed by atoms with E-state index in [9.17, 15) is 19.8 Å². The van der Waals surface area contributed by atoms with Gasteiger partial charge in [-0.05, 0) is 60.6 Å². The molecule has 0 spiro atoms. The topological polar surface area (TPSA) is 121 Å². The van der Waals surface area contributed by atoms with E-state index in [1.165, 1.54) is 13.2 Å². The average molecular weight is 553 g/mol. The van der Waals surface area contributed by atoms with Crippen LogP contribution in [0.4, 0.5) is 0 Å². The number of esters is 1. The minimum Gasteiger partial charge on any atom is -0.504 e. The molecular formula is C31H36O9. The SMILES string of the molecule is C=C(C)[C@@]12C[C@@H](C)C34OC(C)(OC1[C@@H]3C=C(COC(=O)Cc1ccc(O)c(OC)c1)C[C@]1(O)C(=O)C(C)=C[C@@H]41)O2. The number of ether oxygens (including phenoxy) is 5. The Hall–Kier alpha value is -2.98. The third kappa shape index (κ3) is 3.61. The number of ketones is 1. The summed E-state index contributed by atoms with van der Waals surface area (Å²) in [6.45, 7) is 11.6. The lowest BCUT2D eigenvalue weighted by molar-refractivity contribution is -0.413. The molecule has 1 aromatic carbocycles. The number of aromatic hydroxyl groups is 1. The molecule has 2 N–H and O–H groups in total. The molecule has 1 aromatic rings. The third-order valence-electron chi connectivity index (χ3n) is 9.57. The van der Waals surface area contributed by atoms with Crippen LogP contribution in [0.1, 0.15) is 46.1 Å². The van der Waals surface area contributed by atoms with Crippen molar-refractivity contribution in [1.29, 1.82) is 0 Å². The van der Waals surface area contributed by atoms with Crippen LogP contribution >= 0.6 is 0 Å². The van der Waals surface area contributed by atoms with Crippen LogP contribution in [0.15, 0.2) is 53.6 Å². The van der Waals surface area contributed by atoms with E-state index in [1.807, 2.05) is 19.1 Å². The number of rotatable bonds is 6. The highest BCUT2D eigenvalue weighted by Gasteiger charge is 2.78. The Morgan fingerprint density at radius 1 is 1.25 bits per heavy atom. The molecule has 2 saturated heterocycles. The molecule has 2 aliphatic heterocycles. The minimum atomic E-state index is -1.76. The Balaban J connectivity index is 1.35. The summed E-state index contributed by atoms with van der Waals surface area (Å²) >= 11 is 0. The van der Waals surface area contributed by atoms with Crippen molar-refractivity contribution < 1.29 is 43.5 Å². The van der Waals surface area contributed by atoms with Gasteiger partial charge in [-0.3, -0.25) is 9.59 Å². The standard InChI is InChI=1S/C31H36O9/c1-16(2)30-13-18(4)31-21(27(30)38-28(5,39-30)40-31)10-20(14-29(35)24(31)9-17(3)26(29)34)15-37-25(33)12-19-7-8-22(32)23(11-19)36-6/h7-11,18,21,24,27,32,35H,1,12-15H2,2-6H3/t18-,21+,24-,27?,28?,29-,30+,31?/m1/s1. The van der Waals surface area contributed by atoms with Crippen LogP contribution in [-0.4, -0.2) is 64.6 Å². The van der Waals surface area contributed by atoms with Gasteiger partial charge in [-0.25, -0.2) is 0 Å². The molecule has 9 nitrogen and oxygen atoms in total. The molecular weight excluding hydrogens is 516 g/mol. The van der Waals surface area contributed by atoms with Crippen molar-refractivity contribution in [2.45, 2.75) is 75.8 Å². The lowest BCUT2D eigenvalue weighted by Gasteiger charge is -2.58. The van der Waals surface area contributed by atoms with Crippen molar-refractivity contribution in [2.75, 3.05) is 13.7 Å². The van der Waals surface area contributed by atoms with Crippen LogP contribution in [0.3, 0.4) is 0 Å². The first-order chi connectivity index (χ1) is 18.8. The molecule has 3 fully saturated rings. The van der Waals surface area contributed by atoms with Crippen LogP contribution in [0, 0.1) is 17.8 Å². The predicted molar refractivity (Wildman–Crippen MR) is 142 cm³/mol. The monoisotopic (exact) mass is 552 g/mol. The number of fused-ring (bicyclic) bond motifs is 2. The molecule has 3 aliphatic carbocycles.